The van der Waals surface area contributed by atoms with E-state index in [1.807, 2.05) is 12.1 Å². The average Bonchev–Trinajstić information content (AvgIpc) is 2.18. The highest BCUT2D eigenvalue weighted by atomic mass is 16.4. The predicted molar refractivity (Wildman–Crippen MR) is 59.2 cm³/mol. The molecule has 2 heteroatoms. The van der Waals surface area contributed by atoms with E-state index in [0.29, 0.717) is 5.56 Å². The summed E-state index contributed by atoms with van der Waals surface area (Å²) in [6.07, 6.45) is 8.42. The Morgan fingerprint density at radius 1 is 1.07 bits per heavy atom. The Morgan fingerprint density at radius 2 is 1.73 bits per heavy atom. The third-order valence-corrected chi connectivity index (χ3v) is 2.78. The van der Waals surface area contributed by atoms with Crippen molar-refractivity contribution in [2.75, 3.05) is 0 Å². The van der Waals surface area contributed by atoms with Crippen molar-refractivity contribution in [3.63, 3.8) is 0 Å². The molecule has 0 saturated carbocycles. The minimum Gasteiger partial charge on any atom is -0.478 e. The van der Waals surface area contributed by atoms with E-state index in [1.165, 1.54) is 11.1 Å². The van der Waals surface area contributed by atoms with Gasteiger partial charge in [-0.3, -0.25) is 0 Å². The predicted octanol–water partition coefficient (Wildman–Crippen LogP) is 2.82. The number of carboxylic acids is 1. The molecule has 0 unspecified atom stereocenters. The topological polar surface area (TPSA) is 37.3 Å². The van der Waals surface area contributed by atoms with Gasteiger partial charge in [-0.1, -0.05) is 18.2 Å². The number of rotatable bonds is 1. The van der Waals surface area contributed by atoms with Crippen LogP contribution in [0.2, 0.25) is 0 Å². The third-order valence-electron chi connectivity index (χ3n) is 2.78. The number of hydrogen-bond donors (Lipinski definition) is 1. The van der Waals surface area contributed by atoms with Crippen LogP contribution in [0.4, 0.5) is 0 Å². The minimum absolute atomic E-state index is 0.401. The SMILES string of the molecule is O=C(O)c1ccc2c(c1)CC/C=C\CC2. The maximum Gasteiger partial charge on any atom is 0.335 e. The van der Waals surface area contributed by atoms with Crippen LogP contribution < -0.4 is 0 Å². The Bertz CT molecular complexity index is 405. The van der Waals surface area contributed by atoms with Gasteiger partial charge >= 0.3 is 5.97 Å². The van der Waals surface area contributed by atoms with Crippen molar-refractivity contribution in [1.29, 1.82) is 0 Å². The molecule has 1 aromatic rings. The summed E-state index contributed by atoms with van der Waals surface area (Å²) >= 11 is 0. The van der Waals surface area contributed by atoms with Gasteiger partial charge in [0.1, 0.15) is 0 Å². The summed E-state index contributed by atoms with van der Waals surface area (Å²) in [5.41, 5.74) is 2.89. The van der Waals surface area contributed by atoms with Crippen molar-refractivity contribution >= 4 is 5.97 Å². The van der Waals surface area contributed by atoms with E-state index in [2.05, 4.69) is 12.2 Å². The molecule has 2 rings (SSSR count). The normalized spacial score (nSPS) is 17.3. The van der Waals surface area contributed by atoms with E-state index in [4.69, 9.17) is 5.11 Å². The zero-order chi connectivity index (χ0) is 10.7. The van der Waals surface area contributed by atoms with E-state index >= 15 is 0 Å². The standard InChI is InChI=1S/C13H14O2/c14-13(15)12-8-7-10-5-3-1-2-4-6-11(10)9-12/h1-2,7-9H,3-6H2,(H,14,15)/b2-1-. The summed E-state index contributed by atoms with van der Waals surface area (Å²) < 4.78 is 0. The van der Waals surface area contributed by atoms with Crippen molar-refractivity contribution < 1.29 is 9.90 Å². The summed E-state index contributed by atoms with van der Waals surface area (Å²) in [6, 6.07) is 5.47. The molecule has 2 nitrogen and oxygen atoms in total. The lowest BCUT2D eigenvalue weighted by atomic mass is 9.95. The Balaban J connectivity index is 2.34. The first-order chi connectivity index (χ1) is 7.27. The lowest BCUT2D eigenvalue weighted by molar-refractivity contribution is 0.0697. The Kier molecular flexibility index (Phi) is 2.86. The van der Waals surface area contributed by atoms with E-state index in [-0.39, 0.29) is 0 Å². The van der Waals surface area contributed by atoms with Crippen LogP contribution in [-0.4, -0.2) is 11.1 Å². The molecule has 0 spiro atoms. The van der Waals surface area contributed by atoms with Gasteiger partial charge in [0.2, 0.25) is 0 Å². The number of aryl methyl sites for hydroxylation is 2. The summed E-state index contributed by atoms with van der Waals surface area (Å²) in [5.74, 6) is -0.838. The quantitative estimate of drug-likeness (QED) is 0.711. The summed E-state index contributed by atoms with van der Waals surface area (Å²) in [6.45, 7) is 0. The molecule has 1 N–H and O–H groups in total. The lowest BCUT2D eigenvalue weighted by Crippen LogP contribution is -2.02. The van der Waals surface area contributed by atoms with Gasteiger partial charge in [0.25, 0.3) is 0 Å². The van der Waals surface area contributed by atoms with Crippen LogP contribution in [0.25, 0.3) is 0 Å². The number of hydrogen-bond acceptors (Lipinski definition) is 1. The molecule has 0 amide bonds. The number of benzene rings is 1. The molecule has 15 heavy (non-hydrogen) atoms. The molecule has 0 atom stereocenters. The number of aromatic carboxylic acids is 1. The van der Waals surface area contributed by atoms with Gasteiger partial charge in [0, 0.05) is 0 Å². The van der Waals surface area contributed by atoms with Crippen LogP contribution in [0.1, 0.15) is 34.3 Å². The van der Waals surface area contributed by atoms with Gasteiger partial charge in [-0.25, -0.2) is 4.79 Å². The number of allylic oxidation sites excluding steroid dienone is 2. The van der Waals surface area contributed by atoms with Crippen molar-refractivity contribution in [3.05, 3.63) is 47.0 Å². The van der Waals surface area contributed by atoms with E-state index < -0.39 is 5.97 Å². The Morgan fingerprint density at radius 3 is 2.40 bits per heavy atom. The number of fused-ring (bicyclic) bond motifs is 1. The molecular weight excluding hydrogens is 188 g/mol. The second kappa shape index (κ2) is 4.30. The van der Waals surface area contributed by atoms with Gasteiger partial charge in [-0.2, -0.15) is 0 Å². The Hall–Kier alpha value is -1.57. The molecule has 0 radical (unpaired) electrons. The fraction of sp³-hybridized carbons (Fsp3) is 0.308. The van der Waals surface area contributed by atoms with Crippen molar-refractivity contribution in [1.82, 2.24) is 0 Å². The second-order valence-electron chi connectivity index (χ2n) is 3.84. The molecule has 0 aliphatic heterocycles. The van der Waals surface area contributed by atoms with Gasteiger partial charge in [-0.05, 0) is 48.9 Å². The zero-order valence-electron chi connectivity index (χ0n) is 8.57. The van der Waals surface area contributed by atoms with Crippen LogP contribution in [0.5, 0.6) is 0 Å². The molecule has 1 aliphatic carbocycles. The first-order valence-electron chi connectivity index (χ1n) is 5.27. The van der Waals surface area contributed by atoms with E-state index in [1.54, 1.807) is 6.07 Å². The molecule has 0 saturated heterocycles. The van der Waals surface area contributed by atoms with Crippen LogP contribution >= 0.6 is 0 Å². The van der Waals surface area contributed by atoms with E-state index in [9.17, 15) is 4.79 Å². The van der Waals surface area contributed by atoms with Gasteiger partial charge in [0.05, 0.1) is 5.56 Å². The molecule has 0 bridgehead atoms. The van der Waals surface area contributed by atoms with Gasteiger partial charge in [0.15, 0.2) is 0 Å². The largest absolute Gasteiger partial charge is 0.478 e. The smallest absolute Gasteiger partial charge is 0.335 e. The Labute approximate surface area is 89.2 Å². The van der Waals surface area contributed by atoms with Crippen LogP contribution in [0.3, 0.4) is 0 Å². The molecule has 0 heterocycles. The molecule has 0 aromatic heterocycles. The highest BCUT2D eigenvalue weighted by Crippen LogP contribution is 2.18. The summed E-state index contributed by atoms with van der Waals surface area (Å²) in [5, 5.41) is 8.90. The minimum atomic E-state index is -0.838. The summed E-state index contributed by atoms with van der Waals surface area (Å²) in [4.78, 5) is 10.8. The molecular formula is C13H14O2. The zero-order valence-corrected chi connectivity index (χ0v) is 8.57. The molecule has 78 valence electrons. The first-order valence-corrected chi connectivity index (χ1v) is 5.27. The fourth-order valence-corrected chi connectivity index (χ4v) is 1.95. The molecule has 1 aliphatic rings. The highest BCUT2D eigenvalue weighted by molar-refractivity contribution is 5.87. The number of carboxylic acid groups (broad SMARTS) is 1. The van der Waals surface area contributed by atoms with Gasteiger partial charge < -0.3 is 5.11 Å². The van der Waals surface area contributed by atoms with Crippen LogP contribution in [-0.2, 0) is 12.8 Å². The maximum atomic E-state index is 10.8. The average molecular weight is 202 g/mol. The third kappa shape index (κ3) is 2.27. The van der Waals surface area contributed by atoms with Crippen LogP contribution in [0, 0.1) is 0 Å². The van der Waals surface area contributed by atoms with E-state index in [0.717, 1.165) is 25.7 Å². The highest BCUT2D eigenvalue weighted by Gasteiger charge is 2.08. The van der Waals surface area contributed by atoms with Gasteiger partial charge in [-0.15, -0.1) is 0 Å². The number of carbonyl (C=O) groups is 1. The van der Waals surface area contributed by atoms with Crippen molar-refractivity contribution in [3.8, 4) is 0 Å². The monoisotopic (exact) mass is 202 g/mol. The fourth-order valence-electron chi connectivity index (χ4n) is 1.95. The first kappa shape index (κ1) is 9.97. The molecule has 1 aromatic carbocycles. The maximum absolute atomic E-state index is 10.8. The van der Waals surface area contributed by atoms with Crippen LogP contribution in [0.15, 0.2) is 30.4 Å². The second-order valence-corrected chi connectivity index (χ2v) is 3.84. The van der Waals surface area contributed by atoms with Crippen molar-refractivity contribution in [2.24, 2.45) is 0 Å². The lowest BCUT2D eigenvalue weighted by Gasteiger charge is -2.11. The van der Waals surface area contributed by atoms with Crippen molar-refractivity contribution in [2.45, 2.75) is 25.7 Å². The molecule has 0 fully saturated rings. The summed E-state index contributed by atoms with van der Waals surface area (Å²) in [7, 11) is 0.